The van der Waals surface area contributed by atoms with Crippen molar-refractivity contribution in [2.75, 3.05) is 0 Å². The quantitative estimate of drug-likeness (QED) is 0.699. The van der Waals surface area contributed by atoms with Crippen LogP contribution in [-0.4, -0.2) is 0 Å². The molecule has 0 radical (unpaired) electrons. The molecule has 16 heavy (non-hydrogen) atoms. The fourth-order valence-electron chi connectivity index (χ4n) is 2.64. The van der Waals surface area contributed by atoms with E-state index in [1.165, 1.54) is 37.7 Å². The fraction of sp³-hybridized carbons (Fsp3) is 0.600. The summed E-state index contributed by atoms with van der Waals surface area (Å²) in [6, 6.07) is 6.97. The minimum absolute atomic E-state index is 0.129. The van der Waals surface area contributed by atoms with Crippen LogP contribution in [0, 0.1) is 17.7 Å². The Morgan fingerprint density at radius 1 is 1.06 bits per heavy atom. The van der Waals surface area contributed by atoms with Crippen molar-refractivity contribution in [3.63, 3.8) is 0 Å². The maximum absolute atomic E-state index is 12.7. The summed E-state index contributed by atoms with van der Waals surface area (Å²) in [5.74, 6) is 1.71. The third-order valence-corrected chi connectivity index (χ3v) is 3.89. The predicted octanol–water partition coefficient (Wildman–Crippen LogP) is 4.58. The molecule has 0 amide bonds. The molecule has 1 saturated carbocycles. The maximum atomic E-state index is 12.7. The topological polar surface area (TPSA) is 0 Å². The van der Waals surface area contributed by atoms with Gasteiger partial charge in [0.15, 0.2) is 0 Å². The molecule has 0 atom stereocenters. The van der Waals surface area contributed by atoms with E-state index in [4.69, 9.17) is 0 Å². The summed E-state index contributed by atoms with van der Waals surface area (Å²) in [6.45, 7) is 2.36. The van der Waals surface area contributed by atoms with Gasteiger partial charge >= 0.3 is 0 Å². The molecule has 0 saturated heterocycles. The lowest BCUT2D eigenvalue weighted by atomic mass is 9.80. The summed E-state index contributed by atoms with van der Waals surface area (Å²) in [6.07, 6.45) is 7.96. The second-order valence-corrected chi connectivity index (χ2v) is 5.29. The van der Waals surface area contributed by atoms with E-state index in [0.29, 0.717) is 0 Å². The SMILES string of the molecule is CC1CCC(CCc2ccc(F)cc2)CC1. The highest BCUT2D eigenvalue weighted by Crippen LogP contribution is 2.31. The van der Waals surface area contributed by atoms with Gasteiger partial charge in [-0.15, -0.1) is 0 Å². The van der Waals surface area contributed by atoms with E-state index in [1.807, 2.05) is 12.1 Å². The van der Waals surface area contributed by atoms with Gasteiger partial charge in [-0.25, -0.2) is 4.39 Å². The number of benzene rings is 1. The Morgan fingerprint density at radius 3 is 2.31 bits per heavy atom. The average molecular weight is 220 g/mol. The van der Waals surface area contributed by atoms with Crippen LogP contribution < -0.4 is 0 Å². The Kier molecular flexibility index (Phi) is 3.98. The molecule has 0 heterocycles. The fourth-order valence-corrected chi connectivity index (χ4v) is 2.64. The zero-order valence-corrected chi connectivity index (χ0v) is 10.1. The van der Waals surface area contributed by atoms with Crippen molar-refractivity contribution in [1.82, 2.24) is 0 Å². The lowest BCUT2D eigenvalue weighted by molar-refractivity contribution is 0.278. The summed E-state index contributed by atoms with van der Waals surface area (Å²) in [7, 11) is 0. The van der Waals surface area contributed by atoms with Gasteiger partial charge in [0.25, 0.3) is 0 Å². The zero-order chi connectivity index (χ0) is 11.4. The van der Waals surface area contributed by atoms with Crippen molar-refractivity contribution in [1.29, 1.82) is 0 Å². The van der Waals surface area contributed by atoms with Gasteiger partial charge in [0.05, 0.1) is 0 Å². The van der Waals surface area contributed by atoms with Gasteiger partial charge in [-0.2, -0.15) is 0 Å². The third kappa shape index (κ3) is 3.33. The Hall–Kier alpha value is -0.850. The van der Waals surface area contributed by atoms with E-state index < -0.39 is 0 Å². The molecule has 1 aliphatic rings. The molecule has 2 rings (SSSR count). The van der Waals surface area contributed by atoms with Crippen molar-refractivity contribution in [3.05, 3.63) is 35.6 Å². The first kappa shape index (κ1) is 11.6. The first-order chi connectivity index (χ1) is 7.74. The van der Waals surface area contributed by atoms with Gasteiger partial charge in [-0.05, 0) is 42.4 Å². The molecule has 0 unspecified atom stereocenters. The van der Waals surface area contributed by atoms with E-state index in [0.717, 1.165) is 18.3 Å². The Balaban J connectivity index is 1.77. The number of hydrogen-bond acceptors (Lipinski definition) is 0. The molecule has 0 nitrogen and oxygen atoms in total. The highest BCUT2D eigenvalue weighted by molar-refractivity contribution is 5.16. The lowest BCUT2D eigenvalue weighted by Gasteiger charge is -2.26. The predicted molar refractivity (Wildman–Crippen MR) is 65.8 cm³/mol. The van der Waals surface area contributed by atoms with E-state index in [-0.39, 0.29) is 5.82 Å². The Morgan fingerprint density at radius 2 is 1.69 bits per heavy atom. The number of halogens is 1. The number of rotatable bonds is 3. The normalized spacial score (nSPS) is 25.6. The summed E-state index contributed by atoms with van der Waals surface area (Å²) < 4.78 is 12.7. The van der Waals surface area contributed by atoms with Gasteiger partial charge in [0.1, 0.15) is 5.82 Å². The molecule has 0 bridgehead atoms. The molecule has 1 fully saturated rings. The van der Waals surface area contributed by atoms with Crippen LogP contribution in [0.2, 0.25) is 0 Å². The van der Waals surface area contributed by atoms with Gasteiger partial charge in [-0.3, -0.25) is 0 Å². The molecule has 1 aliphatic carbocycles. The van der Waals surface area contributed by atoms with Gasteiger partial charge in [0, 0.05) is 0 Å². The largest absolute Gasteiger partial charge is 0.207 e. The van der Waals surface area contributed by atoms with Crippen molar-refractivity contribution >= 4 is 0 Å². The highest BCUT2D eigenvalue weighted by Gasteiger charge is 2.17. The maximum Gasteiger partial charge on any atom is 0.123 e. The molecule has 1 heteroatoms. The van der Waals surface area contributed by atoms with E-state index in [2.05, 4.69) is 6.92 Å². The highest BCUT2D eigenvalue weighted by atomic mass is 19.1. The molecule has 0 aromatic heterocycles. The first-order valence-electron chi connectivity index (χ1n) is 6.48. The van der Waals surface area contributed by atoms with E-state index in [1.54, 1.807) is 12.1 Å². The van der Waals surface area contributed by atoms with E-state index in [9.17, 15) is 4.39 Å². The number of aryl methyl sites for hydroxylation is 1. The van der Waals surface area contributed by atoms with Crippen LogP contribution in [0.25, 0.3) is 0 Å². The first-order valence-corrected chi connectivity index (χ1v) is 6.48. The summed E-state index contributed by atoms with van der Waals surface area (Å²) in [5, 5.41) is 0. The summed E-state index contributed by atoms with van der Waals surface area (Å²) >= 11 is 0. The van der Waals surface area contributed by atoms with Gasteiger partial charge in [0.2, 0.25) is 0 Å². The Bertz CT molecular complexity index is 307. The van der Waals surface area contributed by atoms with Gasteiger partial charge < -0.3 is 0 Å². The molecule has 0 N–H and O–H groups in total. The minimum Gasteiger partial charge on any atom is -0.207 e. The van der Waals surface area contributed by atoms with Gasteiger partial charge in [-0.1, -0.05) is 44.7 Å². The third-order valence-electron chi connectivity index (χ3n) is 3.89. The lowest BCUT2D eigenvalue weighted by Crippen LogP contribution is -2.12. The molecule has 0 spiro atoms. The van der Waals surface area contributed by atoms with Crippen molar-refractivity contribution in [2.45, 2.75) is 45.4 Å². The van der Waals surface area contributed by atoms with Crippen LogP contribution in [0.5, 0.6) is 0 Å². The zero-order valence-electron chi connectivity index (χ0n) is 10.1. The smallest absolute Gasteiger partial charge is 0.123 e. The minimum atomic E-state index is -0.129. The monoisotopic (exact) mass is 220 g/mol. The standard InChI is InChI=1S/C15H21F/c1-12-2-4-13(5-3-12)6-7-14-8-10-15(16)11-9-14/h8-13H,2-7H2,1H3. The molecule has 88 valence electrons. The van der Waals surface area contributed by atoms with Crippen molar-refractivity contribution in [3.8, 4) is 0 Å². The van der Waals surface area contributed by atoms with E-state index >= 15 is 0 Å². The van der Waals surface area contributed by atoms with Crippen molar-refractivity contribution in [2.24, 2.45) is 11.8 Å². The molecular formula is C15H21F. The van der Waals surface area contributed by atoms with Crippen LogP contribution in [0.4, 0.5) is 4.39 Å². The average Bonchev–Trinajstić information content (AvgIpc) is 2.30. The summed E-state index contributed by atoms with van der Waals surface area (Å²) in [4.78, 5) is 0. The molecule has 1 aromatic carbocycles. The van der Waals surface area contributed by atoms with Crippen LogP contribution >= 0.6 is 0 Å². The van der Waals surface area contributed by atoms with Crippen LogP contribution in [0.3, 0.4) is 0 Å². The number of hydrogen-bond donors (Lipinski definition) is 0. The summed E-state index contributed by atoms with van der Waals surface area (Å²) in [5.41, 5.74) is 1.28. The van der Waals surface area contributed by atoms with Crippen LogP contribution in [0.15, 0.2) is 24.3 Å². The molecule has 1 aromatic rings. The van der Waals surface area contributed by atoms with Crippen molar-refractivity contribution < 1.29 is 4.39 Å². The molecule has 0 aliphatic heterocycles. The van der Waals surface area contributed by atoms with Crippen LogP contribution in [0.1, 0.15) is 44.6 Å². The second kappa shape index (κ2) is 5.47. The van der Waals surface area contributed by atoms with Crippen LogP contribution in [-0.2, 0) is 6.42 Å². The second-order valence-electron chi connectivity index (χ2n) is 5.29. The Labute approximate surface area is 97.9 Å². The molecular weight excluding hydrogens is 199 g/mol.